The fourth-order valence-corrected chi connectivity index (χ4v) is 4.16. The highest BCUT2D eigenvalue weighted by Gasteiger charge is 2.35. The van der Waals surface area contributed by atoms with Crippen molar-refractivity contribution in [3.8, 4) is 0 Å². The minimum absolute atomic E-state index is 0.0869. The van der Waals surface area contributed by atoms with E-state index >= 15 is 0 Å². The van der Waals surface area contributed by atoms with Gasteiger partial charge in [-0.15, -0.1) is 11.3 Å². The molecule has 0 radical (unpaired) electrons. The highest BCUT2D eigenvalue weighted by Crippen LogP contribution is 2.31. The molecule has 0 spiro atoms. The second kappa shape index (κ2) is 6.49. The summed E-state index contributed by atoms with van der Waals surface area (Å²) >= 11 is 1.47. The Balaban J connectivity index is 1.54. The molecule has 3 N–H and O–H groups in total. The Morgan fingerprint density at radius 1 is 1.27 bits per heavy atom. The average Bonchev–Trinajstić information content (AvgIpc) is 3.29. The van der Waals surface area contributed by atoms with E-state index in [1.165, 1.54) is 45.5 Å². The predicted octanol–water partition coefficient (Wildman–Crippen LogP) is 1.83. The molecule has 2 amide bonds. The molecule has 0 fully saturated rings. The van der Waals surface area contributed by atoms with E-state index in [4.69, 9.17) is 5.73 Å². The van der Waals surface area contributed by atoms with Crippen molar-refractivity contribution < 1.29 is 14.0 Å². The largest absolute Gasteiger partial charge is 0.368 e. The first-order valence-electron chi connectivity index (χ1n) is 8.23. The molecule has 2 heterocycles. The van der Waals surface area contributed by atoms with Crippen molar-refractivity contribution in [2.24, 2.45) is 10.8 Å². The van der Waals surface area contributed by atoms with Gasteiger partial charge in [-0.25, -0.2) is 9.37 Å². The molecule has 2 aliphatic rings. The number of nitrogens with two attached hydrogens (primary N) is 1. The topological polar surface area (TPSA) is 101 Å². The molecule has 2 aromatic rings. The molecule has 4 rings (SSSR count). The summed E-state index contributed by atoms with van der Waals surface area (Å²) in [7, 11) is 0. The Labute approximate surface area is 152 Å². The van der Waals surface area contributed by atoms with Crippen LogP contribution in [0.5, 0.6) is 0 Å². The first-order chi connectivity index (χ1) is 12.5. The molecule has 0 bridgehead atoms. The van der Waals surface area contributed by atoms with E-state index in [9.17, 15) is 14.0 Å². The molecule has 1 aliphatic carbocycles. The SMILES string of the molecule is NC(=O)C1CC(C(=O)Nc2nc3c(s2)CCC3)=NN1c1ccc(F)cc1. The number of hydrogen-bond donors (Lipinski definition) is 2. The third kappa shape index (κ3) is 3.05. The summed E-state index contributed by atoms with van der Waals surface area (Å²) in [5.74, 6) is -1.41. The lowest BCUT2D eigenvalue weighted by Gasteiger charge is -2.20. The maximum atomic E-state index is 13.1. The lowest BCUT2D eigenvalue weighted by Crippen LogP contribution is -2.39. The quantitative estimate of drug-likeness (QED) is 0.854. The molecule has 0 saturated carbocycles. The van der Waals surface area contributed by atoms with Crippen molar-refractivity contribution in [2.45, 2.75) is 31.7 Å². The van der Waals surface area contributed by atoms with Gasteiger partial charge >= 0.3 is 0 Å². The monoisotopic (exact) mass is 373 g/mol. The normalized spacial score (nSPS) is 18.6. The maximum Gasteiger partial charge on any atom is 0.273 e. The van der Waals surface area contributed by atoms with Crippen LogP contribution in [-0.4, -0.2) is 28.6 Å². The number of halogens is 1. The van der Waals surface area contributed by atoms with Crippen molar-refractivity contribution >= 4 is 39.7 Å². The van der Waals surface area contributed by atoms with Crippen LogP contribution in [0.25, 0.3) is 0 Å². The van der Waals surface area contributed by atoms with Crippen LogP contribution in [0.4, 0.5) is 15.2 Å². The molecule has 7 nitrogen and oxygen atoms in total. The fourth-order valence-electron chi connectivity index (χ4n) is 3.11. The maximum absolute atomic E-state index is 13.1. The van der Waals surface area contributed by atoms with Gasteiger partial charge in [0, 0.05) is 11.3 Å². The number of nitrogens with zero attached hydrogens (tertiary/aromatic N) is 3. The van der Waals surface area contributed by atoms with Crippen molar-refractivity contribution in [1.29, 1.82) is 0 Å². The van der Waals surface area contributed by atoms with Crippen LogP contribution in [0.3, 0.4) is 0 Å². The van der Waals surface area contributed by atoms with Crippen LogP contribution in [-0.2, 0) is 22.4 Å². The van der Waals surface area contributed by atoms with Crippen LogP contribution < -0.4 is 16.1 Å². The van der Waals surface area contributed by atoms with Gasteiger partial charge in [0.2, 0.25) is 5.91 Å². The molecule has 1 unspecified atom stereocenters. The third-order valence-electron chi connectivity index (χ3n) is 4.41. The summed E-state index contributed by atoms with van der Waals surface area (Å²) < 4.78 is 13.1. The lowest BCUT2D eigenvalue weighted by molar-refractivity contribution is -0.119. The van der Waals surface area contributed by atoms with E-state index in [1.54, 1.807) is 0 Å². The lowest BCUT2D eigenvalue weighted by atomic mass is 10.1. The highest BCUT2D eigenvalue weighted by molar-refractivity contribution is 7.16. The number of carbonyl (C=O) groups is 2. The first-order valence-corrected chi connectivity index (χ1v) is 9.04. The van der Waals surface area contributed by atoms with Gasteiger partial charge in [-0.2, -0.15) is 5.10 Å². The fraction of sp³-hybridized carbons (Fsp3) is 0.294. The van der Waals surface area contributed by atoms with Gasteiger partial charge in [-0.3, -0.25) is 19.9 Å². The number of fused-ring (bicyclic) bond motifs is 1. The van der Waals surface area contributed by atoms with E-state index in [-0.39, 0.29) is 12.1 Å². The molecule has 134 valence electrons. The van der Waals surface area contributed by atoms with Gasteiger partial charge in [0.1, 0.15) is 17.6 Å². The van der Waals surface area contributed by atoms with Gasteiger partial charge in [0.05, 0.1) is 11.4 Å². The summed E-state index contributed by atoms with van der Waals surface area (Å²) in [4.78, 5) is 29.9. The minimum atomic E-state index is -0.789. The van der Waals surface area contributed by atoms with Crippen LogP contribution in [0, 0.1) is 5.82 Å². The van der Waals surface area contributed by atoms with E-state index in [2.05, 4.69) is 15.4 Å². The number of benzene rings is 1. The van der Waals surface area contributed by atoms with E-state index < -0.39 is 23.7 Å². The third-order valence-corrected chi connectivity index (χ3v) is 5.48. The zero-order chi connectivity index (χ0) is 18.3. The van der Waals surface area contributed by atoms with E-state index in [0.717, 1.165) is 25.0 Å². The first kappa shape index (κ1) is 16.6. The van der Waals surface area contributed by atoms with Crippen molar-refractivity contribution in [1.82, 2.24) is 4.98 Å². The Bertz CT molecular complexity index is 887. The number of carbonyl (C=O) groups excluding carboxylic acids is 2. The van der Waals surface area contributed by atoms with Gasteiger partial charge < -0.3 is 5.73 Å². The second-order valence-electron chi connectivity index (χ2n) is 6.19. The van der Waals surface area contributed by atoms with Crippen LogP contribution in [0.2, 0.25) is 0 Å². The highest BCUT2D eigenvalue weighted by atomic mass is 32.1. The summed E-state index contributed by atoms with van der Waals surface area (Å²) in [6.45, 7) is 0. The minimum Gasteiger partial charge on any atom is -0.368 e. The van der Waals surface area contributed by atoms with E-state index in [0.29, 0.717) is 10.8 Å². The summed E-state index contributed by atoms with van der Waals surface area (Å²) in [6.07, 6.45) is 3.11. The summed E-state index contributed by atoms with van der Waals surface area (Å²) in [6, 6.07) is 4.71. The van der Waals surface area contributed by atoms with Crippen LogP contribution in [0.1, 0.15) is 23.4 Å². The smallest absolute Gasteiger partial charge is 0.273 e. The Morgan fingerprint density at radius 3 is 2.73 bits per heavy atom. The molecule has 1 aliphatic heterocycles. The number of rotatable bonds is 4. The number of nitrogens with one attached hydrogen (secondary N) is 1. The van der Waals surface area contributed by atoms with Crippen molar-refractivity contribution in [3.63, 3.8) is 0 Å². The zero-order valence-electron chi connectivity index (χ0n) is 13.7. The molecule has 0 saturated heterocycles. The number of aromatic nitrogens is 1. The predicted molar refractivity (Wildman–Crippen MR) is 96.7 cm³/mol. The zero-order valence-corrected chi connectivity index (χ0v) is 14.6. The number of aryl methyl sites for hydroxylation is 2. The number of amides is 2. The average molecular weight is 373 g/mol. The molecule has 26 heavy (non-hydrogen) atoms. The van der Waals surface area contributed by atoms with Crippen molar-refractivity contribution in [2.75, 3.05) is 10.3 Å². The van der Waals surface area contributed by atoms with Crippen LogP contribution >= 0.6 is 11.3 Å². The molecular formula is C17H16FN5O2S. The number of primary amides is 1. The number of anilines is 2. The van der Waals surface area contributed by atoms with Crippen LogP contribution in [0.15, 0.2) is 29.4 Å². The Kier molecular flexibility index (Phi) is 4.15. The van der Waals surface area contributed by atoms with Gasteiger partial charge in [0.15, 0.2) is 5.13 Å². The Morgan fingerprint density at radius 2 is 2.04 bits per heavy atom. The number of thiazole rings is 1. The molecule has 1 atom stereocenters. The summed E-state index contributed by atoms with van der Waals surface area (Å²) in [5.41, 5.74) is 7.17. The molecule has 9 heteroatoms. The summed E-state index contributed by atoms with van der Waals surface area (Å²) in [5, 5.41) is 8.89. The Hall–Kier alpha value is -2.81. The molecular weight excluding hydrogens is 357 g/mol. The van der Waals surface area contributed by atoms with Gasteiger partial charge in [-0.05, 0) is 43.5 Å². The number of hydrazone groups is 1. The molecule has 1 aromatic carbocycles. The standard InChI is InChI=1S/C17H16FN5O2S/c18-9-4-6-10(7-5-9)23-13(15(19)24)8-12(22-23)16(25)21-17-20-11-2-1-3-14(11)26-17/h4-7,13H,1-3,8H2,(H2,19,24)(H,20,21,25). The van der Waals surface area contributed by atoms with Gasteiger partial charge in [0.25, 0.3) is 5.91 Å². The van der Waals surface area contributed by atoms with E-state index in [1.807, 2.05) is 0 Å². The number of hydrogen-bond acceptors (Lipinski definition) is 6. The molecule has 1 aromatic heterocycles. The van der Waals surface area contributed by atoms with Gasteiger partial charge in [-0.1, -0.05) is 0 Å². The second-order valence-corrected chi connectivity index (χ2v) is 7.27. The van der Waals surface area contributed by atoms with Crippen molar-refractivity contribution in [3.05, 3.63) is 40.7 Å².